The van der Waals surface area contributed by atoms with E-state index in [0.29, 0.717) is 11.5 Å². The summed E-state index contributed by atoms with van der Waals surface area (Å²) in [5.41, 5.74) is 1.36. The van der Waals surface area contributed by atoms with E-state index >= 15 is 0 Å². The Balaban J connectivity index is 2.28. The van der Waals surface area contributed by atoms with E-state index in [1.165, 1.54) is 6.39 Å². The van der Waals surface area contributed by atoms with Crippen molar-refractivity contribution in [3.8, 4) is 0 Å². The number of hydrogen-bond donors (Lipinski definition) is 1. The largest absolute Gasteiger partial charge is 0.438 e. The number of aryl methyl sites for hydroxylation is 3. The highest BCUT2D eigenvalue weighted by Gasteiger charge is 2.18. The van der Waals surface area contributed by atoms with Crippen LogP contribution in [0.1, 0.15) is 21.9 Å². The fraction of sp³-hybridized carbons (Fsp3) is 0.300. The van der Waals surface area contributed by atoms with Gasteiger partial charge in [-0.1, -0.05) is 0 Å². The van der Waals surface area contributed by atoms with E-state index in [2.05, 4.69) is 31.3 Å². The Kier molecular flexibility index (Phi) is 3.01. The topological polar surface area (TPSA) is 73.0 Å². The summed E-state index contributed by atoms with van der Waals surface area (Å²) in [5.74, 6) is 0.447. The predicted octanol–water partition coefficient (Wildman–Crippen LogP) is 2.04. The van der Waals surface area contributed by atoms with Crippen molar-refractivity contribution in [2.24, 2.45) is 7.05 Å². The number of anilines is 1. The zero-order chi connectivity index (χ0) is 12.6. The molecule has 2 aromatic rings. The van der Waals surface area contributed by atoms with Crippen molar-refractivity contribution >= 4 is 27.7 Å². The number of amides is 1. The molecule has 0 atom stereocenters. The number of hydrogen-bond acceptors (Lipinski definition) is 4. The molecule has 0 aliphatic carbocycles. The van der Waals surface area contributed by atoms with Gasteiger partial charge in [-0.15, -0.1) is 0 Å². The summed E-state index contributed by atoms with van der Waals surface area (Å²) in [6, 6.07) is 0. The minimum atomic E-state index is -0.344. The second-order valence-electron chi connectivity index (χ2n) is 3.59. The first-order valence-corrected chi connectivity index (χ1v) is 5.70. The zero-order valence-electron chi connectivity index (χ0n) is 9.61. The maximum absolute atomic E-state index is 11.9. The molecule has 0 aromatic carbocycles. The predicted molar refractivity (Wildman–Crippen MR) is 64.8 cm³/mol. The van der Waals surface area contributed by atoms with Crippen LogP contribution in [0.3, 0.4) is 0 Å². The Bertz CT molecular complexity index is 573. The van der Waals surface area contributed by atoms with E-state index in [1.807, 2.05) is 6.92 Å². The normalized spacial score (nSPS) is 10.6. The lowest BCUT2D eigenvalue weighted by molar-refractivity contribution is 0.0995. The number of oxazole rings is 1. The van der Waals surface area contributed by atoms with Crippen LogP contribution in [-0.4, -0.2) is 20.7 Å². The Hall–Kier alpha value is -1.63. The minimum absolute atomic E-state index is 0.204. The molecule has 1 N–H and O–H groups in total. The van der Waals surface area contributed by atoms with Gasteiger partial charge in [0.25, 0.3) is 5.91 Å². The van der Waals surface area contributed by atoms with Crippen molar-refractivity contribution in [2.75, 3.05) is 5.32 Å². The molecule has 0 saturated carbocycles. The molecule has 0 fully saturated rings. The first kappa shape index (κ1) is 11.8. The standard InChI is InChI=1S/C10H11BrN4O2/c1-5-7(11)9(15(3)14-5)13-10(16)8-6(2)12-4-17-8/h4H,1-3H3,(H,13,16). The van der Waals surface area contributed by atoms with E-state index < -0.39 is 0 Å². The fourth-order valence-corrected chi connectivity index (χ4v) is 1.89. The van der Waals surface area contributed by atoms with Crippen LogP contribution in [0.4, 0.5) is 5.82 Å². The van der Waals surface area contributed by atoms with E-state index in [-0.39, 0.29) is 11.7 Å². The zero-order valence-corrected chi connectivity index (χ0v) is 11.2. The summed E-state index contributed by atoms with van der Waals surface area (Å²) in [6.07, 6.45) is 1.24. The van der Waals surface area contributed by atoms with Crippen LogP contribution in [0.5, 0.6) is 0 Å². The third-order valence-corrected chi connectivity index (χ3v) is 3.28. The highest BCUT2D eigenvalue weighted by atomic mass is 79.9. The van der Waals surface area contributed by atoms with Crippen LogP contribution in [0.15, 0.2) is 15.3 Å². The van der Waals surface area contributed by atoms with Gasteiger partial charge >= 0.3 is 0 Å². The van der Waals surface area contributed by atoms with E-state index in [9.17, 15) is 4.79 Å². The van der Waals surface area contributed by atoms with Crippen molar-refractivity contribution in [2.45, 2.75) is 13.8 Å². The maximum Gasteiger partial charge on any atom is 0.294 e. The van der Waals surface area contributed by atoms with Crippen molar-refractivity contribution in [3.63, 3.8) is 0 Å². The molecular weight excluding hydrogens is 288 g/mol. The average molecular weight is 299 g/mol. The van der Waals surface area contributed by atoms with Gasteiger partial charge in [-0.05, 0) is 29.8 Å². The van der Waals surface area contributed by atoms with Gasteiger partial charge in [-0.2, -0.15) is 5.10 Å². The third kappa shape index (κ3) is 2.10. The number of rotatable bonds is 2. The number of carbonyl (C=O) groups is 1. The summed E-state index contributed by atoms with van der Waals surface area (Å²) in [7, 11) is 1.75. The fourth-order valence-electron chi connectivity index (χ4n) is 1.45. The van der Waals surface area contributed by atoms with Gasteiger partial charge < -0.3 is 9.73 Å². The van der Waals surface area contributed by atoms with Crippen LogP contribution in [0, 0.1) is 13.8 Å². The van der Waals surface area contributed by atoms with E-state index in [1.54, 1.807) is 18.7 Å². The quantitative estimate of drug-likeness (QED) is 0.921. The Labute approximate surface area is 106 Å². The molecule has 90 valence electrons. The molecule has 0 unspecified atom stereocenters. The summed E-state index contributed by atoms with van der Waals surface area (Å²) < 4.78 is 7.36. The summed E-state index contributed by atoms with van der Waals surface area (Å²) >= 11 is 3.37. The number of carbonyl (C=O) groups excluding carboxylic acids is 1. The molecule has 6 nitrogen and oxygen atoms in total. The lowest BCUT2D eigenvalue weighted by Gasteiger charge is -2.04. The third-order valence-electron chi connectivity index (χ3n) is 2.33. The molecule has 0 aliphatic rings. The van der Waals surface area contributed by atoms with Crippen molar-refractivity contribution in [1.82, 2.24) is 14.8 Å². The average Bonchev–Trinajstić information content (AvgIpc) is 2.78. The molecule has 0 radical (unpaired) electrons. The number of aromatic nitrogens is 3. The molecule has 0 spiro atoms. The van der Waals surface area contributed by atoms with E-state index in [0.717, 1.165) is 10.2 Å². The van der Waals surface area contributed by atoms with Gasteiger partial charge in [0.15, 0.2) is 6.39 Å². The van der Waals surface area contributed by atoms with Gasteiger partial charge in [0.2, 0.25) is 5.76 Å². The van der Waals surface area contributed by atoms with Gasteiger partial charge in [-0.3, -0.25) is 9.48 Å². The van der Waals surface area contributed by atoms with Gasteiger partial charge in [0.05, 0.1) is 15.9 Å². The van der Waals surface area contributed by atoms with Crippen molar-refractivity contribution in [1.29, 1.82) is 0 Å². The first-order chi connectivity index (χ1) is 8.00. The van der Waals surface area contributed by atoms with Crippen LogP contribution in [0.25, 0.3) is 0 Å². The molecular formula is C10H11BrN4O2. The first-order valence-electron chi connectivity index (χ1n) is 4.91. The molecule has 0 aliphatic heterocycles. The van der Waals surface area contributed by atoms with Gasteiger partial charge in [-0.25, -0.2) is 4.98 Å². The van der Waals surface area contributed by atoms with Gasteiger partial charge in [0.1, 0.15) is 5.82 Å². The van der Waals surface area contributed by atoms with Gasteiger partial charge in [0, 0.05) is 7.05 Å². The van der Waals surface area contributed by atoms with Crippen molar-refractivity contribution < 1.29 is 9.21 Å². The summed E-state index contributed by atoms with van der Waals surface area (Å²) in [5, 5.41) is 6.90. The second kappa shape index (κ2) is 4.33. The molecule has 7 heteroatoms. The number of nitrogens with one attached hydrogen (secondary N) is 1. The highest BCUT2D eigenvalue weighted by molar-refractivity contribution is 9.10. The van der Waals surface area contributed by atoms with Crippen molar-refractivity contribution in [3.05, 3.63) is 28.0 Å². The van der Waals surface area contributed by atoms with Crippen LogP contribution < -0.4 is 5.32 Å². The molecule has 1 amide bonds. The van der Waals surface area contributed by atoms with E-state index in [4.69, 9.17) is 4.42 Å². The molecule has 0 bridgehead atoms. The molecule has 2 aromatic heterocycles. The second-order valence-corrected chi connectivity index (χ2v) is 4.39. The maximum atomic E-state index is 11.9. The number of nitrogens with zero attached hydrogens (tertiary/aromatic N) is 3. The summed E-state index contributed by atoms with van der Waals surface area (Å²) in [4.78, 5) is 15.8. The molecule has 2 heterocycles. The highest BCUT2D eigenvalue weighted by Crippen LogP contribution is 2.25. The lowest BCUT2D eigenvalue weighted by atomic mass is 10.3. The minimum Gasteiger partial charge on any atom is -0.438 e. The number of halogens is 1. The molecule has 17 heavy (non-hydrogen) atoms. The lowest BCUT2D eigenvalue weighted by Crippen LogP contribution is -2.15. The van der Waals surface area contributed by atoms with Crippen LogP contribution in [0.2, 0.25) is 0 Å². The van der Waals surface area contributed by atoms with Crippen LogP contribution >= 0.6 is 15.9 Å². The Morgan fingerprint density at radius 1 is 1.47 bits per heavy atom. The monoisotopic (exact) mass is 298 g/mol. The Morgan fingerprint density at radius 2 is 2.18 bits per heavy atom. The molecule has 0 saturated heterocycles. The summed E-state index contributed by atoms with van der Waals surface area (Å²) in [6.45, 7) is 3.56. The SMILES string of the molecule is Cc1ncoc1C(=O)Nc1c(Br)c(C)nn1C. The molecule has 2 rings (SSSR count). The smallest absolute Gasteiger partial charge is 0.294 e. The van der Waals surface area contributed by atoms with Crippen LogP contribution in [-0.2, 0) is 7.05 Å². The Morgan fingerprint density at radius 3 is 2.65 bits per heavy atom.